The molecule has 0 unspecified atom stereocenters. The van der Waals surface area contributed by atoms with Crippen LogP contribution in [-0.4, -0.2) is 23.3 Å². The van der Waals surface area contributed by atoms with Crippen molar-refractivity contribution in [2.45, 2.75) is 13.8 Å². The van der Waals surface area contributed by atoms with Crippen LogP contribution in [0.3, 0.4) is 0 Å². The van der Waals surface area contributed by atoms with E-state index < -0.39 is 0 Å². The van der Waals surface area contributed by atoms with Crippen molar-refractivity contribution in [2.75, 3.05) is 18.4 Å². The molecule has 62 valence electrons. The molecule has 1 rings (SSSR count). The van der Waals surface area contributed by atoms with Crippen molar-refractivity contribution in [2.24, 2.45) is 5.73 Å². The van der Waals surface area contributed by atoms with Gasteiger partial charge in [-0.05, 0) is 13.8 Å². The molecule has 0 atom stereocenters. The van der Waals surface area contributed by atoms with Crippen LogP contribution in [0, 0.1) is 13.8 Å². The number of H-pyrrole nitrogens is 1. The number of anilines is 1. The van der Waals surface area contributed by atoms with Gasteiger partial charge in [-0.3, -0.25) is 5.10 Å². The third kappa shape index (κ3) is 1.71. The lowest BCUT2D eigenvalue weighted by atomic mass is 10.3. The Morgan fingerprint density at radius 3 is 2.73 bits per heavy atom. The molecule has 0 aliphatic rings. The van der Waals surface area contributed by atoms with E-state index in [4.69, 9.17) is 5.73 Å². The van der Waals surface area contributed by atoms with Crippen LogP contribution in [0.5, 0.6) is 0 Å². The Bertz CT molecular complexity index is 209. The third-order valence-corrected chi connectivity index (χ3v) is 1.57. The van der Waals surface area contributed by atoms with Crippen molar-refractivity contribution in [1.29, 1.82) is 0 Å². The lowest BCUT2D eigenvalue weighted by Crippen LogP contribution is -2.13. The number of nitrogens with two attached hydrogens (primary N) is 1. The lowest BCUT2D eigenvalue weighted by molar-refractivity contribution is 1.02. The first-order valence-electron chi connectivity index (χ1n) is 3.71. The van der Waals surface area contributed by atoms with Crippen LogP contribution in [0.2, 0.25) is 0 Å². The zero-order valence-corrected chi connectivity index (χ0v) is 6.94. The number of aromatic nitrogens is 2. The molecular weight excluding hydrogens is 140 g/mol. The van der Waals surface area contributed by atoms with E-state index in [1.54, 1.807) is 0 Å². The van der Waals surface area contributed by atoms with Gasteiger partial charge in [0.05, 0.1) is 17.1 Å². The zero-order chi connectivity index (χ0) is 8.27. The fourth-order valence-electron chi connectivity index (χ4n) is 1.01. The predicted molar refractivity (Wildman–Crippen MR) is 45.6 cm³/mol. The van der Waals surface area contributed by atoms with Gasteiger partial charge in [0, 0.05) is 13.1 Å². The molecule has 0 saturated carbocycles. The van der Waals surface area contributed by atoms with Crippen LogP contribution in [-0.2, 0) is 0 Å². The first-order chi connectivity index (χ1) is 5.25. The summed E-state index contributed by atoms with van der Waals surface area (Å²) < 4.78 is 0. The molecule has 11 heavy (non-hydrogen) atoms. The SMILES string of the molecule is Cc1n[nH]c(C)c1NCCN. The average molecular weight is 154 g/mol. The van der Waals surface area contributed by atoms with Crippen molar-refractivity contribution in [3.63, 3.8) is 0 Å². The Kier molecular flexibility index (Phi) is 2.48. The van der Waals surface area contributed by atoms with Crippen molar-refractivity contribution in [3.8, 4) is 0 Å². The van der Waals surface area contributed by atoms with Crippen molar-refractivity contribution >= 4 is 5.69 Å². The van der Waals surface area contributed by atoms with Crippen molar-refractivity contribution in [1.82, 2.24) is 10.2 Å². The summed E-state index contributed by atoms with van der Waals surface area (Å²) in [6, 6.07) is 0. The largest absolute Gasteiger partial charge is 0.381 e. The highest BCUT2D eigenvalue weighted by Crippen LogP contribution is 2.14. The normalized spacial score (nSPS) is 10.1. The summed E-state index contributed by atoms with van der Waals surface area (Å²) in [5, 5.41) is 10.1. The smallest absolute Gasteiger partial charge is 0.0825 e. The zero-order valence-electron chi connectivity index (χ0n) is 6.94. The van der Waals surface area contributed by atoms with Crippen LogP contribution in [0.15, 0.2) is 0 Å². The van der Waals surface area contributed by atoms with Crippen molar-refractivity contribution in [3.05, 3.63) is 11.4 Å². The molecule has 0 aliphatic carbocycles. The van der Waals surface area contributed by atoms with Gasteiger partial charge in [0.15, 0.2) is 0 Å². The second-order valence-electron chi connectivity index (χ2n) is 2.52. The summed E-state index contributed by atoms with van der Waals surface area (Å²) in [6.07, 6.45) is 0. The molecule has 4 N–H and O–H groups in total. The fourth-order valence-corrected chi connectivity index (χ4v) is 1.01. The number of nitrogens with zero attached hydrogens (tertiary/aromatic N) is 1. The van der Waals surface area contributed by atoms with E-state index in [9.17, 15) is 0 Å². The van der Waals surface area contributed by atoms with Gasteiger partial charge in [0.25, 0.3) is 0 Å². The summed E-state index contributed by atoms with van der Waals surface area (Å²) in [6.45, 7) is 5.38. The Balaban J connectivity index is 2.67. The Labute approximate surface area is 66.2 Å². The molecule has 0 saturated heterocycles. The molecule has 0 bridgehead atoms. The van der Waals surface area contributed by atoms with E-state index >= 15 is 0 Å². The first kappa shape index (κ1) is 8.07. The highest BCUT2D eigenvalue weighted by atomic mass is 15.1. The minimum absolute atomic E-state index is 0.643. The van der Waals surface area contributed by atoms with E-state index in [0.29, 0.717) is 6.54 Å². The maximum absolute atomic E-state index is 5.35. The molecule has 1 aromatic rings. The first-order valence-corrected chi connectivity index (χ1v) is 3.71. The number of rotatable bonds is 3. The molecule has 1 heterocycles. The van der Waals surface area contributed by atoms with Gasteiger partial charge in [-0.1, -0.05) is 0 Å². The molecule has 1 aromatic heterocycles. The molecule has 0 radical (unpaired) electrons. The van der Waals surface area contributed by atoms with Crippen LogP contribution in [0.25, 0.3) is 0 Å². The van der Waals surface area contributed by atoms with Crippen LogP contribution in [0.4, 0.5) is 5.69 Å². The van der Waals surface area contributed by atoms with Gasteiger partial charge >= 0.3 is 0 Å². The van der Waals surface area contributed by atoms with E-state index in [0.717, 1.165) is 23.6 Å². The Morgan fingerprint density at radius 1 is 1.55 bits per heavy atom. The highest BCUT2D eigenvalue weighted by molar-refractivity contribution is 5.51. The molecule has 0 fully saturated rings. The van der Waals surface area contributed by atoms with Gasteiger partial charge in [0.2, 0.25) is 0 Å². The summed E-state index contributed by atoms with van der Waals surface area (Å²) in [5.74, 6) is 0. The standard InChI is InChI=1S/C7H14N4/c1-5-7(9-4-3-8)6(2)11-10-5/h9H,3-4,8H2,1-2H3,(H,10,11). The second kappa shape index (κ2) is 3.39. The van der Waals surface area contributed by atoms with Gasteiger partial charge in [-0.25, -0.2) is 0 Å². The molecule has 0 amide bonds. The molecule has 4 nitrogen and oxygen atoms in total. The topological polar surface area (TPSA) is 66.7 Å². The van der Waals surface area contributed by atoms with E-state index in [2.05, 4.69) is 15.5 Å². The summed E-state index contributed by atoms with van der Waals surface area (Å²) in [5.41, 5.74) is 8.49. The second-order valence-corrected chi connectivity index (χ2v) is 2.52. The average Bonchev–Trinajstić information content (AvgIpc) is 2.29. The number of aromatic amines is 1. The van der Waals surface area contributed by atoms with Crippen LogP contribution >= 0.6 is 0 Å². The van der Waals surface area contributed by atoms with Crippen LogP contribution < -0.4 is 11.1 Å². The molecular formula is C7H14N4. The van der Waals surface area contributed by atoms with E-state index in [1.807, 2.05) is 13.8 Å². The van der Waals surface area contributed by atoms with Crippen LogP contribution in [0.1, 0.15) is 11.4 Å². The quantitative estimate of drug-likeness (QED) is 0.590. The minimum atomic E-state index is 0.643. The predicted octanol–water partition coefficient (Wildman–Crippen LogP) is 0.397. The minimum Gasteiger partial charge on any atom is -0.381 e. The fraction of sp³-hybridized carbons (Fsp3) is 0.571. The van der Waals surface area contributed by atoms with Crippen molar-refractivity contribution < 1.29 is 0 Å². The highest BCUT2D eigenvalue weighted by Gasteiger charge is 2.03. The monoisotopic (exact) mass is 154 g/mol. The lowest BCUT2D eigenvalue weighted by Gasteiger charge is -2.02. The summed E-state index contributed by atoms with van der Waals surface area (Å²) >= 11 is 0. The Hall–Kier alpha value is -1.03. The van der Waals surface area contributed by atoms with Gasteiger partial charge < -0.3 is 11.1 Å². The number of hydrogen-bond acceptors (Lipinski definition) is 3. The number of aryl methyl sites for hydroxylation is 2. The molecule has 0 spiro atoms. The number of nitrogens with one attached hydrogen (secondary N) is 2. The summed E-state index contributed by atoms with van der Waals surface area (Å²) in [4.78, 5) is 0. The maximum Gasteiger partial charge on any atom is 0.0825 e. The van der Waals surface area contributed by atoms with E-state index in [-0.39, 0.29) is 0 Å². The molecule has 0 aromatic carbocycles. The Morgan fingerprint density at radius 2 is 2.27 bits per heavy atom. The summed E-state index contributed by atoms with van der Waals surface area (Å²) in [7, 11) is 0. The number of hydrogen-bond donors (Lipinski definition) is 3. The maximum atomic E-state index is 5.35. The van der Waals surface area contributed by atoms with Gasteiger partial charge in [-0.15, -0.1) is 0 Å². The molecule has 4 heteroatoms. The third-order valence-electron chi connectivity index (χ3n) is 1.57. The van der Waals surface area contributed by atoms with E-state index in [1.165, 1.54) is 0 Å². The van der Waals surface area contributed by atoms with Gasteiger partial charge in [-0.2, -0.15) is 5.10 Å². The molecule has 0 aliphatic heterocycles. The van der Waals surface area contributed by atoms with Gasteiger partial charge in [0.1, 0.15) is 0 Å².